The molecule has 7 nitrogen and oxygen atoms in total. The van der Waals surface area contributed by atoms with Crippen molar-refractivity contribution in [3.8, 4) is 0 Å². The lowest BCUT2D eigenvalue weighted by atomic mass is 10.1. The fourth-order valence-electron chi connectivity index (χ4n) is 1.72. The van der Waals surface area contributed by atoms with Gasteiger partial charge in [0.25, 0.3) is 4.98 Å². The lowest BCUT2D eigenvalue weighted by molar-refractivity contribution is -0.797. The SMILES string of the molecule is CN([N+](=O)NOC1CC(C(=O)O)CC1F)C(C)(C)C. The molecule has 0 radical (unpaired) electrons. The van der Waals surface area contributed by atoms with Crippen LogP contribution >= 0.6 is 0 Å². The second kappa shape index (κ2) is 5.68. The molecular weight excluding hydrogens is 257 g/mol. The first kappa shape index (κ1) is 15.6. The highest BCUT2D eigenvalue weighted by molar-refractivity contribution is 5.70. The number of carboxylic acids is 1. The first-order valence-electron chi connectivity index (χ1n) is 6.12. The van der Waals surface area contributed by atoms with E-state index in [2.05, 4.69) is 5.59 Å². The van der Waals surface area contributed by atoms with Gasteiger partial charge in [0.15, 0.2) is 0 Å². The summed E-state index contributed by atoms with van der Waals surface area (Å²) in [5.41, 5.74) is 1.67. The molecule has 110 valence electrons. The van der Waals surface area contributed by atoms with Gasteiger partial charge in [-0.1, -0.05) is 0 Å². The average molecular weight is 278 g/mol. The minimum atomic E-state index is -1.39. The average Bonchev–Trinajstić information content (AvgIpc) is 2.65. The topological polar surface area (TPSA) is 81.9 Å². The summed E-state index contributed by atoms with van der Waals surface area (Å²) < 4.78 is 13.5. The Balaban J connectivity index is 2.45. The molecule has 0 spiro atoms. The van der Waals surface area contributed by atoms with Gasteiger partial charge in [0, 0.05) is 5.59 Å². The minimum absolute atomic E-state index is 0.0522. The summed E-state index contributed by atoms with van der Waals surface area (Å²) in [5.74, 6) is -1.80. The highest BCUT2D eigenvalue weighted by atomic mass is 19.1. The van der Waals surface area contributed by atoms with Crippen LogP contribution in [-0.4, -0.2) is 45.9 Å². The summed E-state index contributed by atoms with van der Waals surface area (Å²) >= 11 is 0. The molecule has 19 heavy (non-hydrogen) atoms. The van der Waals surface area contributed by atoms with E-state index in [9.17, 15) is 14.1 Å². The van der Waals surface area contributed by atoms with E-state index in [0.29, 0.717) is 4.98 Å². The molecule has 3 atom stereocenters. The van der Waals surface area contributed by atoms with Crippen LogP contribution in [0, 0.1) is 10.8 Å². The standard InChI is InChI=1S/C11H20FN3O4/c1-11(2,3)14(4)15(18)13-19-9-6-7(10(16)17)5-8(9)12/h7-9H,5-6H2,1-4H3,(H-,13,16,17,18)/p+1. The maximum Gasteiger partial charge on any atom is 0.306 e. The zero-order valence-corrected chi connectivity index (χ0v) is 11.6. The van der Waals surface area contributed by atoms with Gasteiger partial charge in [-0.15, -0.1) is 5.01 Å². The van der Waals surface area contributed by atoms with Crippen molar-refractivity contribution >= 4 is 5.97 Å². The molecule has 3 unspecified atom stereocenters. The van der Waals surface area contributed by atoms with Crippen molar-refractivity contribution in [1.82, 2.24) is 10.6 Å². The Bertz CT molecular complexity index is 358. The van der Waals surface area contributed by atoms with Crippen LogP contribution < -0.4 is 5.59 Å². The molecule has 1 fully saturated rings. The number of rotatable bonds is 5. The molecular formula is C11H21FN3O4+. The Hall–Kier alpha value is -1.44. The Labute approximate surface area is 111 Å². The Morgan fingerprint density at radius 2 is 2.05 bits per heavy atom. The normalized spacial score (nSPS) is 27.1. The number of carboxylic acid groups (broad SMARTS) is 1. The fourth-order valence-corrected chi connectivity index (χ4v) is 1.72. The van der Waals surface area contributed by atoms with Crippen LogP contribution in [0.1, 0.15) is 33.6 Å². The predicted molar refractivity (Wildman–Crippen MR) is 64.4 cm³/mol. The summed E-state index contributed by atoms with van der Waals surface area (Å²) in [4.78, 5) is 27.7. The van der Waals surface area contributed by atoms with Crippen molar-refractivity contribution in [2.75, 3.05) is 7.05 Å². The van der Waals surface area contributed by atoms with Gasteiger partial charge in [-0.05, 0) is 33.6 Å². The van der Waals surface area contributed by atoms with Gasteiger partial charge in [-0.3, -0.25) is 4.79 Å². The molecule has 1 saturated carbocycles. The fraction of sp³-hybridized carbons (Fsp3) is 0.909. The van der Waals surface area contributed by atoms with E-state index in [1.165, 1.54) is 5.01 Å². The number of nitrogens with zero attached hydrogens (tertiary/aromatic N) is 2. The number of alkyl halides is 1. The number of nitrogens with one attached hydrogen (secondary N) is 1. The number of hydrogen-bond donors (Lipinski definition) is 2. The van der Waals surface area contributed by atoms with Crippen molar-refractivity contribution in [2.45, 2.75) is 51.4 Å². The molecule has 1 aliphatic rings. The maximum atomic E-state index is 13.5. The molecule has 0 aromatic heterocycles. The first-order valence-corrected chi connectivity index (χ1v) is 6.12. The van der Waals surface area contributed by atoms with E-state index in [-0.39, 0.29) is 12.8 Å². The number of nitroso groups, excluding NO2 is 1. The Morgan fingerprint density at radius 3 is 2.47 bits per heavy atom. The van der Waals surface area contributed by atoms with Crippen LogP contribution in [0.25, 0.3) is 0 Å². The van der Waals surface area contributed by atoms with E-state index in [1.807, 2.05) is 20.8 Å². The van der Waals surface area contributed by atoms with Gasteiger partial charge < -0.3 is 5.11 Å². The third kappa shape index (κ3) is 4.02. The van der Waals surface area contributed by atoms with Gasteiger partial charge in [0.05, 0.1) is 23.4 Å². The van der Waals surface area contributed by atoms with Gasteiger partial charge >= 0.3 is 5.97 Å². The summed E-state index contributed by atoms with van der Waals surface area (Å²) in [6, 6.07) is 0. The highest BCUT2D eigenvalue weighted by Crippen LogP contribution is 2.30. The minimum Gasteiger partial charge on any atom is -0.481 e. The number of carbonyl (C=O) groups is 1. The molecule has 0 aliphatic heterocycles. The van der Waals surface area contributed by atoms with E-state index in [0.717, 1.165) is 0 Å². The molecule has 1 aliphatic carbocycles. The van der Waals surface area contributed by atoms with E-state index in [4.69, 9.17) is 9.94 Å². The third-order valence-corrected chi connectivity index (χ3v) is 3.30. The smallest absolute Gasteiger partial charge is 0.306 e. The van der Waals surface area contributed by atoms with Crippen LogP contribution in [0.15, 0.2) is 0 Å². The second-order valence-corrected chi connectivity index (χ2v) is 5.74. The molecule has 0 heterocycles. The zero-order chi connectivity index (χ0) is 14.8. The van der Waals surface area contributed by atoms with Gasteiger partial charge in [0.1, 0.15) is 12.3 Å². The van der Waals surface area contributed by atoms with Crippen molar-refractivity contribution in [1.29, 1.82) is 0 Å². The highest BCUT2D eigenvalue weighted by Gasteiger charge is 2.41. The number of hydrazine groups is 2. The molecule has 0 bridgehead atoms. The predicted octanol–water partition coefficient (Wildman–Crippen LogP) is 1.05. The van der Waals surface area contributed by atoms with Crippen LogP contribution in [0.2, 0.25) is 0 Å². The van der Waals surface area contributed by atoms with Crippen molar-refractivity contribution in [3.63, 3.8) is 0 Å². The number of hydrogen-bond acceptors (Lipinski definition) is 3. The summed E-state index contributed by atoms with van der Waals surface area (Å²) in [6.07, 6.45) is -2.35. The van der Waals surface area contributed by atoms with Crippen molar-refractivity contribution < 1.29 is 24.1 Å². The third-order valence-electron chi connectivity index (χ3n) is 3.30. The van der Waals surface area contributed by atoms with E-state index < -0.39 is 29.7 Å². The largest absolute Gasteiger partial charge is 0.481 e. The zero-order valence-electron chi connectivity index (χ0n) is 11.6. The van der Waals surface area contributed by atoms with Gasteiger partial charge in [-0.2, -0.15) is 0 Å². The van der Waals surface area contributed by atoms with E-state index in [1.54, 1.807) is 7.05 Å². The van der Waals surface area contributed by atoms with Gasteiger partial charge in [0.2, 0.25) is 0 Å². The Morgan fingerprint density at radius 1 is 1.47 bits per heavy atom. The maximum absolute atomic E-state index is 13.5. The quantitative estimate of drug-likeness (QED) is 0.578. The molecule has 2 N–H and O–H groups in total. The van der Waals surface area contributed by atoms with Crippen LogP contribution in [0.4, 0.5) is 4.39 Å². The van der Waals surface area contributed by atoms with Crippen molar-refractivity contribution in [2.24, 2.45) is 5.92 Å². The summed E-state index contributed by atoms with van der Waals surface area (Å²) in [5, 5.41) is 10.1. The first-order chi connectivity index (χ1) is 8.62. The summed E-state index contributed by atoms with van der Waals surface area (Å²) in [7, 11) is 1.56. The van der Waals surface area contributed by atoms with E-state index >= 15 is 0 Å². The molecule has 0 aromatic rings. The summed E-state index contributed by atoms with van der Waals surface area (Å²) in [6.45, 7) is 5.48. The lowest BCUT2D eigenvalue weighted by Gasteiger charge is -2.23. The molecule has 8 heteroatoms. The molecule has 0 saturated heterocycles. The van der Waals surface area contributed by atoms with Crippen LogP contribution in [0.5, 0.6) is 0 Å². The van der Waals surface area contributed by atoms with Crippen LogP contribution in [-0.2, 0) is 9.63 Å². The van der Waals surface area contributed by atoms with Crippen LogP contribution in [0.3, 0.4) is 0 Å². The van der Waals surface area contributed by atoms with Crippen molar-refractivity contribution in [3.05, 3.63) is 4.91 Å². The second-order valence-electron chi connectivity index (χ2n) is 5.74. The molecule has 0 aromatic carbocycles. The molecule has 0 amide bonds. The molecule has 1 rings (SSSR count). The monoisotopic (exact) mass is 278 g/mol. The van der Waals surface area contributed by atoms with Gasteiger partial charge in [-0.25, -0.2) is 9.23 Å². The Kier molecular flexibility index (Phi) is 4.67. The number of halogens is 1. The lowest BCUT2D eigenvalue weighted by Crippen LogP contribution is -2.50. The number of aliphatic carboxylic acids is 1.